The first-order valence-electron chi connectivity index (χ1n) is 8.34. The van der Waals surface area contributed by atoms with Gasteiger partial charge in [0, 0.05) is 11.6 Å². The van der Waals surface area contributed by atoms with Gasteiger partial charge in [-0.05, 0) is 36.1 Å². The topological polar surface area (TPSA) is 66.4 Å². The van der Waals surface area contributed by atoms with E-state index in [1.165, 1.54) is 0 Å². The van der Waals surface area contributed by atoms with Crippen LogP contribution in [0.3, 0.4) is 0 Å². The Hall–Kier alpha value is -2.62. The highest BCUT2D eigenvalue weighted by atomic mass is 16.4. The van der Waals surface area contributed by atoms with Crippen LogP contribution < -0.4 is 5.32 Å². The molecule has 2 aromatic carbocycles. The maximum absolute atomic E-state index is 12.4. The maximum Gasteiger partial charge on any atom is 0.308 e. The molecule has 2 aromatic rings. The van der Waals surface area contributed by atoms with E-state index < -0.39 is 11.9 Å². The lowest BCUT2D eigenvalue weighted by Crippen LogP contribution is -2.45. The van der Waals surface area contributed by atoms with Gasteiger partial charge in [0.2, 0.25) is 0 Å². The van der Waals surface area contributed by atoms with Gasteiger partial charge in [0.25, 0.3) is 5.91 Å². The highest BCUT2D eigenvalue weighted by Crippen LogP contribution is 2.25. The molecule has 0 radical (unpaired) electrons. The average molecular weight is 323 g/mol. The molecule has 124 valence electrons. The molecule has 2 atom stereocenters. The summed E-state index contributed by atoms with van der Waals surface area (Å²) in [6.07, 6.45) is 3.23. The van der Waals surface area contributed by atoms with Crippen LogP contribution in [0.5, 0.6) is 0 Å². The number of hydrogen-bond donors (Lipinski definition) is 2. The number of benzene rings is 2. The molecule has 0 unspecified atom stereocenters. The number of amides is 1. The van der Waals surface area contributed by atoms with E-state index in [1.807, 2.05) is 42.5 Å². The third-order valence-corrected chi connectivity index (χ3v) is 4.65. The Morgan fingerprint density at radius 1 is 0.875 bits per heavy atom. The van der Waals surface area contributed by atoms with E-state index in [4.69, 9.17) is 0 Å². The van der Waals surface area contributed by atoms with Crippen LogP contribution in [0.1, 0.15) is 36.0 Å². The molecule has 0 aliphatic heterocycles. The number of nitrogens with one attached hydrogen (secondary N) is 1. The number of carboxylic acids is 1. The van der Waals surface area contributed by atoms with Crippen molar-refractivity contribution in [3.05, 3.63) is 60.2 Å². The number of hydrogen-bond acceptors (Lipinski definition) is 2. The van der Waals surface area contributed by atoms with Gasteiger partial charge in [0.05, 0.1) is 5.92 Å². The van der Waals surface area contributed by atoms with Crippen molar-refractivity contribution in [1.29, 1.82) is 0 Å². The van der Waals surface area contributed by atoms with Crippen molar-refractivity contribution in [3.8, 4) is 11.1 Å². The van der Waals surface area contributed by atoms with Gasteiger partial charge in [-0.25, -0.2) is 0 Å². The average Bonchev–Trinajstić information content (AvgIpc) is 2.63. The lowest BCUT2D eigenvalue weighted by molar-refractivity contribution is -0.143. The second-order valence-corrected chi connectivity index (χ2v) is 6.25. The van der Waals surface area contributed by atoms with E-state index in [0.717, 1.165) is 30.4 Å². The normalized spacial score (nSPS) is 20.3. The summed E-state index contributed by atoms with van der Waals surface area (Å²) in [4.78, 5) is 23.8. The van der Waals surface area contributed by atoms with Gasteiger partial charge < -0.3 is 10.4 Å². The molecule has 4 nitrogen and oxygen atoms in total. The van der Waals surface area contributed by atoms with Crippen molar-refractivity contribution in [3.63, 3.8) is 0 Å². The molecule has 2 N–H and O–H groups in total. The van der Waals surface area contributed by atoms with Crippen molar-refractivity contribution in [1.82, 2.24) is 5.32 Å². The molecule has 4 heteroatoms. The Labute approximate surface area is 141 Å². The first kappa shape index (κ1) is 16.2. The summed E-state index contributed by atoms with van der Waals surface area (Å²) in [7, 11) is 0. The number of rotatable bonds is 4. The Morgan fingerprint density at radius 3 is 2.17 bits per heavy atom. The molecule has 1 fully saturated rings. The van der Waals surface area contributed by atoms with Crippen molar-refractivity contribution in [2.24, 2.45) is 5.92 Å². The Bertz CT molecular complexity index is 709. The highest BCUT2D eigenvalue weighted by Gasteiger charge is 2.31. The molecular weight excluding hydrogens is 302 g/mol. The van der Waals surface area contributed by atoms with Crippen LogP contribution >= 0.6 is 0 Å². The van der Waals surface area contributed by atoms with Gasteiger partial charge in [0.1, 0.15) is 0 Å². The lowest BCUT2D eigenvalue weighted by Gasteiger charge is -2.29. The fourth-order valence-electron chi connectivity index (χ4n) is 3.30. The maximum atomic E-state index is 12.4. The summed E-state index contributed by atoms with van der Waals surface area (Å²) in [5.74, 6) is -1.50. The zero-order valence-corrected chi connectivity index (χ0v) is 13.4. The molecule has 0 spiro atoms. The van der Waals surface area contributed by atoms with E-state index in [-0.39, 0.29) is 11.9 Å². The fraction of sp³-hybridized carbons (Fsp3) is 0.300. The summed E-state index contributed by atoms with van der Waals surface area (Å²) >= 11 is 0. The fourth-order valence-corrected chi connectivity index (χ4v) is 3.30. The summed E-state index contributed by atoms with van der Waals surface area (Å²) in [5, 5.41) is 12.2. The second-order valence-electron chi connectivity index (χ2n) is 6.25. The lowest BCUT2D eigenvalue weighted by atomic mass is 9.84. The molecule has 0 saturated heterocycles. The van der Waals surface area contributed by atoms with Crippen molar-refractivity contribution in [2.45, 2.75) is 31.7 Å². The minimum atomic E-state index is -0.820. The van der Waals surface area contributed by atoms with Crippen molar-refractivity contribution >= 4 is 11.9 Å². The molecule has 1 saturated carbocycles. The minimum Gasteiger partial charge on any atom is -0.481 e. The third-order valence-electron chi connectivity index (χ3n) is 4.65. The van der Waals surface area contributed by atoms with Crippen LogP contribution in [-0.2, 0) is 4.79 Å². The van der Waals surface area contributed by atoms with Crippen molar-refractivity contribution < 1.29 is 14.7 Å². The summed E-state index contributed by atoms with van der Waals surface area (Å²) in [5.41, 5.74) is 2.71. The van der Waals surface area contributed by atoms with E-state index in [0.29, 0.717) is 12.0 Å². The Kier molecular flexibility index (Phi) is 4.94. The minimum absolute atomic E-state index is 0.201. The zero-order chi connectivity index (χ0) is 16.9. The van der Waals surface area contributed by atoms with Crippen LogP contribution in [-0.4, -0.2) is 23.0 Å². The second kappa shape index (κ2) is 7.30. The number of aliphatic carboxylic acids is 1. The van der Waals surface area contributed by atoms with Gasteiger partial charge in [-0.3, -0.25) is 9.59 Å². The standard InChI is InChI=1S/C20H21NO3/c22-19(21-18-9-5-4-8-17(18)20(23)24)16-12-10-15(11-13-16)14-6-2-1-3-7-14/h1-3,6-7,10-13,17-18H,4-5,8-9H2,(H,21,22)(H,23,24)/t17-,18+/m1/s1. The first-order valence-corrected chi connectivity index (χ1v) is 8.34. The SMILES string of the molecule is O=C(N[C@H]1CCCC[C@H]1C(=O)O)c1ccc(-c2ccccc2)cc1. The Morgan fingerprint density at radius 2 is 1.50 bits per heavy atom. The van der Waals surface area contributed by atoms with Crippen LogP contribution in [0.4, 0.5) is 0 Å². The molecular formula is C20H21NO3. The quantitative estimate of drug-likeness (QED) is 0.901. The van der Waals surface area contributed by atoms with Crippen LogP contribution in [0.25, 0.3) is 11.1 Å². The highest BCUT2D eigenvalue weighted by molar-refractivity contribution is 5.95. The largest absolute Gasteiger partial charge is 0.481 e. The van der Waals surface area contributed by atoms with Gasteiger partial charge in [-0.2, -0.15) is 0 Å². The molecule has 3 rings (SSSR count). The summed E-state index contributed by atoms with van der Waals surface area (Å²) < 4.78 is 0. The molecule has 1 aliphatic carbocycles. The number of carbonyl (C=O) groups excluding carboxylic acids is 1. The van der Waals surface area contributed by atoms with E-state index >= 15 is 0 Å². The first-order chi connectivity index (χ1) is 11.6. The predicted molar refractivity (Wildman–Crippen MR) is 92.7 cm³/mol. The van der Waals surface area contributed by atoms with Gasteiger partial charge in [-0.15, -0.1) is 0 Å². The van der Waals surface area contributed by atoms with Crippen LogP contribution in [0, 0.1) is 5.92 Å². The van der Waals surface area contributed by atoms with Crippen LogP contribution in [0.15, 0.2) is 54.6 Å². The van der Waals surface area contributed by atoms with E-state index in [2.05, 4.69) is 5.32 Å². The Balaban J connectivity index is 1.70. The van der Waals surface area contributed by atoms with Gasteiger partial charge >= 0.3 is 5.97 Å². The molecule has 0 heterocycles. The van der Waals surface area contributed by atoms with E-state index in [1.54, 1.807) is 12.1 Å². The molecule has 1 aliphatic rings. The monoisotopic (exact) mass is 323 g/mol. The molecule has 1 amide bonds. The van der Waals surface area contributed by atoms with E-state index in [9.17, 15) is 14.7 Å². The number of carbonyl (C=O) groups is 2. The van der Waals surface area contributed by atoms with Gasteiger partial charge in [0.15, 0.2) is 0 Å². The van der Waals surface area contributed by atoms with Crippen LogP contribution in [0.2, 0.25) is 0 Å². The predicted octanol–water partition coefficient (Wildman–Crippen LogP) is 3.73. The molecule has 24 heavy (non-hydrogen) atoms. The third kappa shape index (κ3) is 3.65. The summed E-state index contributed by atoms with van der Waals surface area (Å²) in [6, 6.07) is 17.1. The van der Waals surface area contributed by atoms with Crippen molar-refractivity contribution in [2.75, 3.05) is 0 Å². The number of carboxylic acid groups (broad SMARTS) is 1. The van der Waals surface area contributed by atoms with Gasteiger partial charge in [-0.1, -0.05) is 55.3 Å². The molecule has 0 aromatic heterocycles. The molecule has 0 bridgehead atoms. The zero-order valence-electron chi connectivity index (χ0n) is 13.4. The smallest absolute Gasteiger partial charge is 0.308 e. The summed E-state index contributed by atoms with van der Waals surface area (Å²) in [6.45, 7) is 0.